The van der Waals surface area contributed by atoms with Gasteiger partial charge in [0.15, 0.2) is 0 Å². The number of halogens is 2. The molecule has 0 aliphatic carbocycles. The summed E-state index contributed by atoms with van der Waals surface area (Å²) < 4.78 is 0.820. The maximum Gasteiger partial charge on any atom is 0.270 e. The van der Waals surface area contributed by atoms with Gasteiger partial charge in [0.05, 0.1) is 4.92 Å². The summed E-state index contributed by atoms with van der Waals surface area (Å²) in [4.78, 5) is 10.2. The Hall–Kier alpha value is -1.34. The summed E-state index contributed by atoms with van der Waals surface area (Å²) in [5.41, 5.74) is 2.07. The van der Waals surface area contributed by atoms with E-state index >= 15 is 0 Å². The van der Waals surface area contributed by atoms with E-state index in [0.717, 1.165) is 14.8 Å². The first-order valence-electron chi connectivity index (χ1n) is 5.48. The van der Waals surface area contributed by atoms with E-state index in [1.165, 1.54) is 6.07 Å². The van der Waals surface area contributed by atoms with Crippen molar-refractivity contribution in [2.75, 3.05) is 5.32 Å². The Bertz CT molecular complexity index is 602. The van der Waals surface area contributed by atoms with Crippen LogP contribution in [-0.4, -0.2) is 4.92 Å². The Morgan fingerprint density at radius 1 is 1.21 bits per heavy atom. The minimum atomic E-state index is -0.398. The topological polar surface area (TPSA) is 55.2 Å². The molecule has 6 heteroatoms. The second kappa shape index (κ2) is 6.21. The molecule has 0 aromatic heterocycles. The Labute approximate surface area is 129 Å². The highest BCUT2D eigenvalue weighted by Crippen LogP contribution is 2.24. The van der Waals surface area contributed by atoms with Crippen LogP contribution in [0.3, 0.4) is 0 Å². The first kappa shape index (κ1) is 14.1. The molecular weight excluding hydrogens is 379 g/mol. The van der Waals surface area contributed by atoms with Gasteiger partial charge in [0, 0.05) is 33.0 Å². The van der Waals surface area contributed by atoms with Gasteiger partial charge < -0.3 is 5.32 Å². The number of anilines is 1. The molecule has 19 heavy (non-hydrogen) atoms. The molecule has 2 aromatic rings. The van der Waals surface area contributed by atoms with E-state index in [4.69, 9.17) is 11.6 Å². The van der Waals surface area contributed by atoms with Crippen LogP contribution in [0.4, 0.5) is 11.4 Å². The quantitative estimate of drug-likeness (QED) is 0.478. The monoisotopic (exact) mass is 388 g/mol. The molecule has 0 bridgehead atoms. The number of rotatable bonds is 4. The molecule has 0 saturated heterocycles. The second-order valence-electron chi connectivity index (χ2n) is 3.90. The van der Waals surface area contributed by atoms with E-state index in [-0.39, 0.29) is 5.69 Å². The summed E-state index contributed by atoms with van der Waals surface area (Å²) in [6.07, 6.45) is 0. The molecule has 0 radical (unpaired) electrons. The summed E-state index contributed by atoms with van der Waals surface area (Å²) in [5, 5.41) is 14.6. The van der Waals surface area contributed by atoms with Crippen molar-refractivity contribution in [1.82, 2.24) is 0 Å². The lowest BCUT2D eigenvalue weighted by Gasteiger charge is -2.08. The number of hydrogen-bond acceptors (Lipinski definition) is 3. The van der Waals surface area contributed by atoms with Crippen LogP contribution in [0.5, 0.6) is 0 Å². The van der Waals surface area contributed by atoms with E-state index in [2.05, 4.69) is 27.9 Å². The molecule has 98 valence electrons. The number of nitro benzene ring substituents is 1. The van der Waals surface area contributed by atoms with Gasteiger partial charge in [0.1, 0.15) is 0 Å². The SMILES string of the molecule is O=[N+]([O-])c1ccc(NCc2ccc(Cl)cc2)c(I)c1. The molecular formula is C13H10ClIN2O2. The number of benzene rings is 2. The fraction of sp³-hybridized carbons (Fsp3) is 0.0769. The van der Waals surface area contributed by atoms with Crippen LogP contribution in [0.25, 0.3) is 0 Å². The van der Waals surface area contributed by atoms with Crippen molar-refractivity contribution in [3.8, 4) is 0 Å². The molecule has 0 heterocycles. The Morgan fingerprint density at radius 3 is 2.47 bits per heavy atom. The molecule has 1 N–H and O–H groups in total. The molecule has 0 atom stereocenters. The van der Waals surface area contributed by atoms with Gasteiger partial charge in [-0.15, -0.1) is 0 Å². The molecule has 0 unspecified atom stereocenters. The minimum absolute atomic E-state index is 0.0986. The van der Waals surface area contributed by atoms with Crippen LogP contribution in [0, 0.1) is 13.7 Å². The number of hydrogen-bond donors (Lipinski definition) is 1. The van der Waals surface area contributed by atoms with Crippen molar-refractivity contribution in [2.24, 2.45) is 0 Å². The van der Waals surface area contributed by atoms with E-state index in [9.17, 15) is 10.1 Å². The van der Waals surface area contributed by atoms with Gasteiger partial charge in [-0.1, -0.05) is 23.7 Å². The maximum absolute atomic E-state index is 10.6. The molecule has 0 fully saturated rings. The summed E-state index contributed by atoms with van der Waals surface area (Å²) in [6.45, 7) is 0.644. The third-order valence-electron chi connectivity index (χ3n) is 2.56. The summed E-state index contributed by atoms with van der Waals surface area (Å²) in [5.74, 6) is 0. The predicted molar refractivity (Wildman–Crippen MR) is 84.6 cm³/mol. The lowest BCUT2D eigenvalue weighted by Crippen LogP contribution is -2.01. The number of nitrogens with one attached hydrogen (secondary N) is 1. The van der Waals surface area contributed by atoms with E-state index < -0.39 is 4.92 Å². The third-order valence-corrected chi connectivity index (χ3v) is 3.70. The van der Waals surface area contributed by atoms with Gasteiger partial charge in [0.25, 0.3) is 5.69 Å². The molecule has 0 aliphatic heterocycles. The fourth-order valence-electron chi connectivity index (χ4n) is 1.56. The molecule has 0 spiro atoms. The average molecular weight is 389 g/mol. The van der Waals surface area contributed by atoms with Crippen LogP contribution in [-0.2, 0) is 6.54 Å². The zero-order chi connectivity index (χ0) is 13.8. The van der Waals surface area contributed by atoms with Crippen molar-refractivity contribution < 1.29 is 4.92 Å². The minimum Gasteiger partial charge on any atom is -0.380 e. The van der Waals surface area contributed by atoms with Crippen molar-refractivity contribution >= 4 is 45.6 Å². The predicted octanol–water partition coefficient (Wildman–Crippen LogP) is 4.46. The van der Waals surface area contributed by atoms with Crippen molar-refractivity contribution in [3.63, 3.8) is 0 Å². The van der Waals surface area contributed by atoms with Crippen molar-refractivity contribution in [3.05, 3.63) is 66.7 Å². The Morgan fingerprint density at radius 2 is 1.89 bits per heavy atom. The lowest BCUT2D eigenvalue weighted by atomic mass is 10.2. The second-order valence-corrected chi connectivity index (χ2v) is 5.50. The summed E-state index contributed by atoms with van der Waals surface area (Å²) >= 11 is 7.90. The molecule has 2 rings (SSSR count). The normalized spacial score (nSPS) is 10.2. The lowest BCUT2D eigenvalue weighted by molar-refractivity contribution is -0.384. The van der Waals surface area contributed by atoms with Crippen LogP contribution in [0.15, 0.2) is 42.5 Å². The van der Waals surface area contributed by atoms with E-state index in [1.54, 1.807) is 12.1 Å². The number of nitro groups is 1. The van der Waals surface area contributed by atoms with Crippen LogP contribution < -0.4 is 5.32 Å². The van der Waals surface area contributed by atoms with E-state index in [1.807, 2.05) is 24.3 Å². The first-order chi connectivity index (χ1) is 9.06. The van der Waals surface area contributed by atoms with Gasteiger partial charge in [-0.3, -0.25) is 10.1 Å². The smallest absolute Gasteiger partial charge is 0.270 e. The Balaban J connectivity index is 2.07. The highest BCUT2D eigenvalue weighted by molar-refractivity contribution is 14.1. The zero-order valence-electron chi connectivity index (χ0n) is 9.77. The van der Waals surface area contributed by atoms with Gasteiger partial charge in [-0.25, -0.2) is 0 Å². The standard InChI is InChI=1S/C13H10ClIN2O2/c14-10-3-1-9(2-4-10)8-16-13-6-5-11(17(18)19)7-12(13)15/h1-7,16H,8H2. The zero-order valence-corrected chi connectivity index (χ0v) is 12.7. The molecule has 2 aromatic carbocycles. The van der Waals surface area contributed by atoms with Gasteiger partial charge >= 0.3 is 0 Å². The van der Waals surface area contributed by atoms with Crippen LogP contribution in [0.1, 0.15) is 5.56 Å². The highest BCUT2D eigenvalue weighted by atomic mass is 127. The molecule has 0 amide bonds. The number of non-ortho nitro benzene ring substituents is 1. The first-order valence-corrected chi connectivity index (χ1v) is 6.94. The van der Waals surface area contributed by atoms with Crippen molar-refractivity contribution in [1.29, 1.82) is 0 Å². The number of nitrogens with zero attached hydrogens (tertiary/aromatic N) is 1. The van der Waals surface area contributed by atoms with Crippen LogP contribution in [0.2, 0.25) is 5.02 Å². The third kappa shape index (κ3) is 3.81. The highest BCUT2D eigenvalue weighted by Gasteiger charge is 2.08. The van der Waals surface area contributed by atoms with E-state index in [0.29, 0.717) is 11.6 Å². The maximum atomic E-state index is 10.6. The van der Waals surface area contributed by atoms with Crippen LogP contribution >= 0.6 is 34.2 Å². The largest absolute Gasteiger partial charge is 0.380 e. The van der Waals surface area contributed by atoms with Gasteiger partial charge in [-0.05, 0) is 46.4 Å². The van der Waals surface area contributed by atoms with Gasteiger partial charge in [0.2, 0.25) is 0 Å². The molecule has 0 aliphatic rings. The molecule has 4 nitrogen and oxygen atoms in total. The summed E-state index contributed by atoms with van der Waals surface area (Å²) in [7, 11) is 0. The average Bonchev–Trinajstić information content (AvgIpc) is 2.39. The molecule has 0 saturated carbocycles. The van der Waals surface area contributed by atoms with Gasteiger partial charge in [-0.2, -0.15) is 0 Å². The fourth-order valence-corrected chi connectivity index (χ4v) is 2.38. The summed E-state index contributed by atoms with van der Waals surface area (Å²) in [6, 6.07) is 12.3. The Kier molecular flexibility index (Phi) is 4.60. The van der Waals surface area contributed by atoms with Crippen molar-refractivity contribution in [2.45, 2.75) is 6.54 Å².